The molecule has 2 aromatic rings. The monoisotopic (exact) mass is 384 g/mol. The molecule has 0 radical (unpaired) electrons. The summed E-state index contributed by atoms with van der Waals surface area (Å²) in [6.07, 6.45) is 4.48. The SMILES string of the molecule is CCN=c1scc(-c2ccc3c(c2)NC(=O)CO3)n1N=C1CCC(C)CC1. The summed E-state index contributed by atoms with van der Waals surface area (Å²) in [5, 5.41) is 9.93. The minimum absolute atomic E-state index is 0.0659. The van der Waals surface area contributed by atoms with Gasteiger partial charge in [-0.05, 0) is 56.7 Å². The lowest BCUT2D eigenvalue weighted by Crippen LogP contribution is -2.25. The minimum atomic E-state index is -0.129. The molecule has 1 saturated carbocycles. The normalized spacial score (nSPS) is 20.1. The van der Waals surface area contributed by atoms with Gasteiger partial charge in [-0.3, -0.25) is 9.79 Å². The summed E-state index contributed by atoms with van der Waals surface area (Å²) in [5.74, 6) is 1.35. The quantitative estimate of drug-likeness (QED) is 0.872. The third-order valence-corrected chi connectivity index (χ3v) is 5.83. The number of rotatable bonds is 3. The molecule has 27 heavy (non-hydrogen) atoms. The zero-order valence-electron chi connectivity index (χ0n) is 15.7. The van der Waals surface area contributed by atoms with Crippen molar-refractivity contribution in [2.75, 3.05) is 18.5 Å². The van der Waals surface area contributed by atoms with E-state index in [2.05, 4.69) is 22.6 Å². The summed E-state index contributed by atoms with van der Waals surface area (Å²) < 4.78 is 7.43. The summed E-state index contributed by atoms with van der Waals surface area (Å²) >= 11 is 1.59. The summed E-state index contributed by atoms with van der Waals surface area (Å²) in [5.41, 5.74) is 3.91. The molecule has 1 amide bonds. The van der Waals surface area contributed by atoms with Crippen molar-refractivity contribution in [2.45, 2.75) is 39.5 Å². The highest BCUT2D eigenvalue weighted by molar-refractivity contribution is 7.07. The lowest BCUT2D eigenvalue weighted by atomic mass is 9.90. The molecule has 0 atom stereocenters. The van der Waals surface area contributed by atoms with Crippen molar-refractivity contribution in [3.8, 4) is 17.0 Å². The number of benzene rings is 1. The Balaban J connectivity index is 1.75. The Labute approximate surface area is 162 Å². The number of nitrogens with zero attached hydrogens (tertiary/aromatic N) is 3. The molecule has 2 heterocycles. The maximum atomic E-state index is 11.6. The van der Waals surface area contributed by atoms with Gasteiger partial charge in [-0.2, -0.15) is 5.10 Å². The van der Waals surface area contributed by atoms with Gasteiger partial charge in [0.25, 0.3) is 5.91 Å². The number of hydrogen-bond acceptors (Lipinski definition) is 5. The fourth-order valence-electron chi connectivity index (χ4n) is 3.42. The molecule has 4 rings (SSSR count). The molecular formula is C20H24N4O2S. The number of carbonyl (C=O) groups excluding carboxylic acids is 1. The molecule has 1 fully saturated rings. The van der Waals surface area contributed by atoms with Crippen molar-refractivity contribution in [1.82, 2.24) is 4.68 Å². The zero-order valence-corrected chi connectivity index (χ0v) is 16.5. The fraction of sp³-hybridized carbons (Fsp3) is 0.450. The van der Waals surface area contributed by atoms with Crippen molar-refractivity contribution in [2.24, 2.45) is 16.0 Å². The maximum absolute atomic E-state index is 11.6. The molecule has 0 saturated heterocycles. The van der Waals surface area contributed by atoms with E-state index in [1.54, 1.807) is 11.3 Å². The lowest BCUT2D eigenvalue weighted by molar-refractivity contribution is -0.118. The van der Waals surface area contributed by atoms with E-state index in [-0.39, 0.29) is 12.5 Å². The first-order valence-corrected chi connectivity index (χ1v) is 10.4. The van der Waals surface area contributed by atoms with Gasteiger partial charge in [-0.1, -0.05) is 6.92 Å². The van der Waals surface area contributed by atoms with Gasteiger partial charge in [0.2, 0.25) is 4.80 Å². The number of amides is 1. The molecule has 1 aromatic carbocycles. The predicted octanol–water partition coefficient (Wildman–Crippen LogP) is 3.88. The summed E-state index contributed by atoms with van der Waals surface area (Å²) in [6.45, 7) is 5.12. The average molecular weight is 385 g/mol. The van der Waals surface area contributed by atoms with Crippen molar-refractivity contribution in [3.63, 3.8) is 0 Å². The zero-order chi connectivity index (χ0) is 18.8. The number of ether oxygens (including phenoxy) is 1. The van der Waals surface area contributed by atoms with Gasteiger partial charge in [-0.25, -0.2) is 4.68 Å². The number of thiazole rings is 1. The third kappa shape index (κ3) is 3.83. The van der Waals surface area contributed by atoms with Crippen LogP contribution in [-0.4, -0.2) is 29.4 Å². The van der Waals surface area contributed by atoms with Gasteiger partial charge >= 0.3 is 0 Å². The Hall–Kier alpha value is -2.41. The second kappa shape index (κ2) is 7.68. The van der Waals surface area contributed by atoms with E-state index >= 15 is 0 Å². The van der Waals surface area contributed by atoms with Gasteiger partial charge < -0.3 is 10.1 Å². The van der Waals surface area contributed by atoms with E-state index in [9.17, 15) is 4.79 Å². The van der Waals surface area contributed by atoms with Gasteiger partial charge in [0.1, 0.15) is 5.75 Å². The van der Waals surface area contributed by atoms with E-state index in [1.165, 1.54) is 18.6 Å². The van der Waals surface area contributed by atoms with Crippen LogP contribution in [0.5, 0.6) is 5.75 Å². The van der Waals surface area contributed by atoms with Crippen LogP contribution < -0.4 is 14.9 Å². The highest BCUT2D eigenvalue weighted by Gasteiger charge is 2.19. The average Bonchev–Trinajstić information content (AvgIpc) is 3.06. The van der Waals surface area contributed by atoms with Gasteiger partial charge in [-0.15, -0.1) is 11.3 Å². The van der Waals surface area contributed by atoms with Crippen LogP contribution in [0.3, 0.4) is 0 Å². The van der Waals surface area contributed by atoms with E-state index in [4.69, 9.17) is 9.84 Å². The molecule has 0 unspecified atom stereocenters. The first-order chi connectivity index (χ1) is 13.1. The van der Waals surface area contributed by atoms with Crippen LogP contribution in [-0.2, 0) is 4.79 Å². The molecule has 1 aromatic heterocycles. The molecule has 1 aliphatic carbocycles. The Morgan fingerprint density at radius 2 is 2.15 bits per heavy atom. The Bertz CT molecular complexity index is 947. The van der Waals surface area contributed by atoms with Crippen molar-refractivity contribution < 1.29 is 9.53 Å². The second-order valence-corrected chi connectivity index (χ2v) is 7.92. The predicted molar refractivity (Wildman–Crippen MR) is 108 cm³/mol. The van der Waals surface area contributed by atoms with E-state index in [1.807, 2.05) is 29.8 Å². The number of anilines is 1. The van der Waals surface area contributed by atoms with Crippen molar-refractivity contribution in [3.05, 3.63) is 28.4 Å². The maximum Gasteiger partial charge on any atom is 0.262 e. The molecule has 1 N–H and O–H groups in total. The van der Waals surface area contributed by atoms with Crippen LogP contribution in [0.1, 0.15) is 39.5 Å². The Morgan fingerprint density at radius 3 is 2.93 bits per heavy atom. The Kier molecular flexibility index (Phi) is 5.11. The van der Waals surface area contributed by atoms with Crippen molar-refractivity contribution in [1.29, 1.82) is 0 Å². The summed E-state index contributed by atoms with van der Waals surface area (Å²) in [6, 6.07) is 5.86. The number of hydrogen-bond donors (Lipinski definition) is 1. The first kappa shape index (κ1) is 18.0. The highest BCUT2D eigenvalue weighted by Crippen LogP contribution is 2.33. The van der Waals surface area contributed by atoms with E-state index < -0.39 is 0 Å². The smallest absolute Gasteiger partial charge is 0.262 e. The molecule has 2 aliphatic rings. The van der Waals surface area contributed by atoms with Gasteiger partial charge in [0, 0.05) is 23.2 Å². The number of fused-ring (bicyclic) bond motifs is 1. The standard InChI is InChI=1S/C20H24N4O2S/c1-3-21-20-24(23-15-7-4-13(2)5-8-15)17(12-27-20)14-6-9-18-16(10-14)22-19(25)11-26-18/h6,9-10,12-13H,3-5,7-8,11H2,1-2H3,(H,22,25). The van der Waals surface area contributed by atoms with Crippen LogP contribution in [0.25, 0.3) is 11.3 Å². The van der Waals surface area contributed by atoms with Crippen molar-refractivity contribution >= 4 is 28.6 Å². The van der Waals surface area contributed by atoms with Crippen LogP contribution in [0.15, 0.2) is 33.7 Å². The minimum Gasteiger partial charge on any atom is -0.482 e. The lowest BCUT2D eigenvalue weighted by Gasteiger charge is -2.20. The molecule has 0 bridgehead atoms. The second-order valence-electron chi connectivity index (χ2n) is 7.09. The molecule has 0 spiro atoms. The number of aromatic nitrogens is 1. The topological polar surface area (TPSA) is 68.0 Å². The van der Waals surface area contributed by atoms with Crippen LogP contribution in [0.4, 0.5) is 5.69 Å². The highest BCUT2D eigenvalue weighted by atomic mass is 32.1. The van der Waals surface area contributed by atoms with Gasteiger partial charge in [0.15, 0.2) is 6.61 Å². The Morgan fingerprint density at radius 1 is 1.33 bits per heavy atom. The van der Waals surface area contributed by atoms with Crippen LogP contribution in [0.2, 0.25) is 0 Å². The molecule has 6 nitrogen and oxygen atoms in total. The molecular weight excluding hydrogens is 360 g/mol. The van der Waals surface area contributed by atoms with E-state index in [0.717, 1.165) is 41.4 Å². The molecule has 1 aliphatic heterocycles. The fourth-order valence-corrected chi connectivity index (χ4v) is 4.31. The summed E-state index contributed by atoms with van der Waals surface area (Å²) in [4.78, 5) is 17.2. The summed E-state index contributed by atoms with van der Waals surface area (Å²) in [7, 11) is 0. The molecule has 7 heteroatoms. The first-order valence-electron chi connectivity index (χ1n) is 9.49. The number of nitrogens with one attached hydrogen (secondary N) is 1. The van der Waals surface area contributed by atoms with Gasteiger partial charge in [0.05, 0.1) is 11.4 Å². The van der Waals surface area contributed by atoms with Crippen LogP contribution >= 0.6 is 11.3 Å². The van der Waals surface area contributed by atoms with Crippen LogP contribution in [0, 0.1) is 5.92 Å². The molecule has 142 valence electrons. The third-order valence-electron chi connectivity index (χ3n) is 4.98. The largest absolute Gasteiger partial charge is 0.482 e. The number of carbonyl (C=O) groups is 1. The van der Waals surface area contributed by atoms with E-state index in [0.29, 0.717) is 11.4 Å².